The molecule has 0 radical (unpaired) electrons. The van der Waals surface area contributed by atoms with Gasteiger partial charge in [-0.3, -0.25) is 4.79 Å². The van der Waals surface area contributed by atoms with Crippen LogP contribution in [0.2, 0.25) is 0 Å². The van der Waals surface area contributed by atoms with Crippen LogP contribution < -0.4 is 15.1 Å². The van der Waals surface area contributed by atoms with Crippen LogP contribution in [0.3, 0.4) is 0 Å². The normalized spacial score (nSPS) is 14.2. The van der Waals surface area contributed by atoms with Crippen molar-refractivity contribution < 1.29 is 4.79 Å². The third-order valence-electron chi connectivity index (χ3n) is 4.68. The van der Waals surface area contributed by atoms with Crippen molar-refractivity contribution in [2.75, 3.05) is 54.4 Å². The summed E-state index contributed by atoms with van der Waals surface area (Å²) in [6.45, 7) is 9.32. The molecular formula is C19H26N6O. The monoisotopic (exact) mass is 354 g/mol. The van der Waals surface area contributed by atoms with Gasteiger partial charge in [-0.2, -0.15) is 4.98 Å². The third-order valence-corrected chi connectivity index (χ3v) is 4.68. The van der Waals surface area contributed by atoms with Gasteiger partial charge in [0.1, 0.15) is 5.82 Å². The largest absolute Gasteiger partial charge is 0.372 e. The quantitative estimate of drug-likeness (QED) is 0.770. The number of piperazine rings is 1. The van der Waals surface area contributed by atoms with Crippen molar-refractivity contribution in [3.63, 3.8) is 0 Å². The number of anilines is 4. The second kappa shape index (κ2) is 8.51. The number of aromatic nitrogens is 2. The zero-order chi connectivity index (χ0) is 18.4. The van der Waals surface area contributed by atoms with Crippen LogP contribution >= 0.6 is 0 Å². The van der Waals surface area contributed by atoms with Gasteiger partial charge in [-0.05, 0) is 44.2 Å². The van der Waals surface area contributed by atoms with Crippen LogP contribution in [0.1, 0.15) is 13.8 Å². The van der Waals surface area contributed by atoms with Gasteiger partial charge < -0.3 is 20.0 Å². The standard InChI is InChI=1S/C19H26N6O/c1-3-24(4-2)17-7-5-16(6-8-17)21-19-20-10-9-18(22-19)25-13-11-23(15-26)12-14-25/h5-10,15H,3-4,11-14H2,1-2H3,(H,20,21,22). The molecule has 2 aromatic rings. The Morgan fingerprint density at radius 2 is 1.77 bits per heavy atom. The van der Waals surface area contributed by atoms with Crippen molar-refractivity contribution in [3.8, 4) is 0 Å². The predicted molar refractivity (Wildman–Crippen MR) is 105 cm³/mol. The molecule has 138 valence electrons. The Bertz CT molecular complexity index is 708. The highest BCUT2D eigenvalue weighted by Gasteiger charge is 2.17. The lowest BCUT2D eigenvalue weighted by atomic mass is 10.2. The summed E-state index contributed by atoms with van der Waals surface area (Å²) in [7, 11) is 0. The third kappa shape index (κ3) is 4.22. The zero-order valence-electron chi connectivity index (χ0n) is 15.4. The van der Waals surface area contributed by atoms with E-state index in [1.807, 2.05) is 18.2 Å². The minimum atomic E-state index is 0.580. The number of hydrogen-bond donors (Lipinski definition) is 1. The first kappa shape index (κ1) is 18.0. The Morgan fingerprint density at radius 3 is 2.38 bits per heavy atom. The summed E-state index contributed by atoms with van der Waals surface area (Å²) in [5, 5.41) is 3.27. The van der Waals surface area contributed by atoms with Crippen molar-refractivity contribution in [2.24, 2.45) is 0 Å². The van der Waals surface area contributed by atoms with Crippen LogP contribution in [0.5, 0.6) is 0 Å². The van der Waals surface area contributed by atoms with E-state index in [2.05, 4.69) is 51.1 Å². The summed E-state index contributed by atoms with van der Waals surface area (Å²) in [5.41, 5.74) is 2.17. The predicted octanol–water partition coefficient (Wildman–Crippen LogP) is 2.34. The molecule has 1 aliphatic rings. The van der Waals surface area contributed by atoms with Crippen LogP contribution in [0.4, 0.5) is 23.1 Å². The summed E-state index contributed by atoms with van der Waals surface area (Å²) < 4.78 is 0. The fraction of sp³-hybridized carbons (Fsp3) is 0.421. The molecule has 3 rings (SSSR count). The molecule has 1 aliphatic heterocycles. The number of carbonyl (C=O) groups is 1. The van der Waals surface area contributed by atoms with Gasteiger partial charge in [-0.25, -0.2) is 4.98 Å². The number of hydrogen-bond acceptors (Lipinski definition) is 6. The SMILES string of the molecule is CCN(CC)c1ccc(Nc2nccc(N3CCN(C=O)CC3)n2)cc1. The topological polar surface area (TPSA) is 64.6 Å². The fourth-order valence-corrected chi connectivity index (χ4v) is 3.12. The molecule has 1 aromatic carbocycles. The lowest BCUT2D eigenvalue weighted by Gasteiger charge is -2.33. The average molecular weight is 354 g/mol. The smallest absolute Gasteiger partial charge is 0.229 e. The molecule has 0 aliphatic carbocycles. The van der Waals surface area contributed by atoms with Gasteiger partial charge in [0, 0.05) is 56.8 Å². The zero-order valence-corrected chi connectivity index (χ0v) is 15.4. The molecule has 7 heteroatoms. The number of nitrogens with one attached hydrogen (secondary N) is 1. The molecule has 2 heterocycles. The Kier molecular flexibility index (Phi) is 5.88. The molecule has 0 bridgehead atoms. The van der Waals surface area contributed by atoms with Gasteiger partial charge in [-0.15, -0.1) is 0 Å². The average Bonchev–Trinajstić information content (AvgIpc) is 2.70. The minimum absolute atomic E-state index is 0.580. The number of amides is 1. The van der Waals surface area contributed by atoms with E-state index in [0.29, 0.717) is 5.95 Å². The second-order valence-electron chi connectivity index (χ2n) is 6.21. The number of benzene rings is 1. The molecule has 1 fully saturated rings. The van der Waals surface area contributed by atoms with Crippen molar-refractivity contribution in [1.29, 1.82) is 0 Å². The van der Waals surface area contributed by atoms with Crippen molar-refractivity contribution in [2.45, 2.75) is 13.8 Å². The first-order valence-electron chi connectivity index (χ1n) is 9.13. The van der Waals surface area contributed by atoms with Gasteiger partial charge in [0.25, 0.3) is 0 Å². The molecule has 1 N–H and O–H groups in total. The summed E-state index contributed by atoms with van der Waals surface area (Å²) in [6.07, 6.45) is 2.67. The Hall–Kier alpha value is -2.83. The molecule has 0 spiro atoms. The Labute approximate surface area is 154 Å². The van der Waals surface area contributed by atoms with Crippen LogP contribution in [-0.2, 0) is 4.79 Å². The van der Waals surface area contributed by atoms with Crippen LogP contribution in [0.15, 0.2) is 36.5 Å². The van der Waals surface area contributed by atoms with Crippen molar-refractivity contribution in [1.82, 2.24) is 14.9 Å². The highest BCUT2D eigenvalue weighted by atomic mass is 16.1. The van der Waals surface area contributed by atoms with E-state index in [-0.39, 0.29) is 0 Å². The second-order valence-corrected chi connectivity index (χ2v) is 6.21. The molecule has 1 aromatic heterocycles. The highest BCUT2D eigenvalue weighted by molar-refractivity contribution is 5.60. The Balaban J connectivity index is 1.66. The van der Waals surface area contributed by atoms with E-state index in [1.54, 1.807) is 11.1 Å². The van der Waals surface area contributed by atoms with Crippen molar-refractivity contribution in [3.05, 3.63) is 36.5 Å². The van der Waals surface area contributed by atoms with E-state index >= 15 is 0 Å². The molecule has 7 nitrogen and oxygen atoms in total. The van der Waals surface area contributed by atoms with Crippen molar-refractivity contribution >= 4 is 29.6 Å². The number of rotatable bonds is 7. The van der Waals surface area contributed by atoms with E-state index < -0.39 is 0 Å². The fourth-order valence-electron chi connectivity index (χ4n) is 3.12. The van der Waals surface area contributed by atoms with E-state index in [4.69, 9.17) is 0 Å². The molecule has 1 saturated heterocycles. The number of nitrogens with zero attached hydrogens (tertiary/aromatic N) is 5. The molecule has 26 heavy (non-hydrogen) atoms. The molecule has 0 saturated carbocycles. The maximum atomic E-state index is 10.8. The van der Waals surface area contributed by atoms with Crippen LogP contribution in [0.25, 0.3) is 0 Å². The van der Waals surface area contributed by atoms with E-state index in [9.17, 15) is 4.79 Å². The highest BCUT2D eigenvalue weighted by Crippen LogP contribution is 2.21. The first-order chi connectivity index (χ1) is 12.7. The first-order valence-corrected chi connectivity index (χ1v) is 9.13. The van der Waals surface area contributed by atoms with Gasteiger partial charge in [-0.1, -0.05) is 0 Å². The molecule has 0 atom stereocenters. The van der Waals surface area contributed by atoms with Crippen LogP contribution in [-0.4, -0.2) is 60.5 Å². The van der Waals surface area contributed by atoms with Gasteiger partial charge in [0.15, 0.2) is 0 Å². The number of carbonyl (C=O) groups excluding carboxylic acids is 1. The summed E-state index contributed by atoms with van der Waals surface area (Å²) in [5.74, 6) is 1.46. The minimum Gasteiger partial charge on any atom is -0.372 e. The maximum Gasteiger partial charge on any atom is 0.229 e. The maximum absolute atomic E-state index is 10.8. The van der Waals surface area contributed by atoms with Gasteiger partial charge in [0.2, 0.25) is 12.4 Å². The van der Waals surface area contributed by atoms with E-state index in [0.717, 1.165) is 57.2 Å². The Morgan fingerprint density at radius 1 is 1.08 bits per heavy atom. The molecular weight excluding hydrogens is 328 g/mol. The van der Waals surface area contributed by atoms with Gasteiger partial charge >= 0.3 is 0 Å². The lowest BCUT2D eigenvalue weighted by molar-refractivity contribution is -0.118. The summed E-state index contributed by atoms with van der Waals surface area (Å²) in [6, 6.07) is 10.2. The molecule has 0 unspecified atom stereocenters. The molecule has 1 amide bonds. The van der Waals surface area contributed by atoms with Crippen LogP contribution in [0, 0.1) is 0 Å². The summed E-state index contributed by atoms with van der Waals surface area (Å²) in [4.78, 5) is 26.0. The summed E-state index contributed by atoms with van der Waals surface area (Å²) >= 11 is 0. The van der Waals surface area contributed by atoms with E-state index in [1.165, 1.54) is 5.69 Å². The van der Waals surface area contributed by atoms with Gasteiger partial charge in [0.05, 0.1) is 0 Å². The lowest BCUT2D eigenvalue weighted by Crippen LogP contribution is -2.46.